The molecule has 0 aliphatic carbocycles. The van der Waals surface area contributed by atoms with Crippen LogP contribution in [-0.4, -0.2) is 27.8 Å². The number of carbonyl (C=O) groups is 1. The zero-order chi connectivity index (χ0) is 12.0. The molecule has 0 fully saturated rings. The quantitative estimate of drug-likeness (QED) is 0.771. The lowest BCUT2D eigenvalue weighted by Crippen LogP contribution is -2.14. The molecule has 0 aliphatic heterocycles. The molecule has 0 aliphatic rings. The average molecular weight is 223 g/mol. The Bertz CT molecular complexity index is 334. The first-order valence-corrected chi connectivity index (χ1v) is 5.48. The van der Waals surface area contributed by atoms with Crippen molar-refractivity contribution in [3.05, 3.63) is 17.8 Å². The lowest BCUT2D eigenvalue weighted by Gasteiger charge is -2.13. The molecule has 0 saturated heterocycles. The number of carboxylic acid groups (broad SMARTS) is 1. The number of carboxylic acids is 1. The molecule has 0 spiro atoms. The first kappa shape index (κ1) is 12.4. The summed E-state index contributed by atoms with van der Waals surface area (Å²) in [6.45, 7) is 5.14. The summed E-state index contributed by atoms with van der Waals surface area (Å²) in [5.41, 5.74) is -0.0342. The Morgan fingerprint density at radius 3 is 2.50 bits per heavy atom. The molecule has 5 heteroatoms. The summed E-state index contributed by atoms with van der Waals surface area (Å²) in [5, 5.41) is 19.2. The molecule has 1 aromatic heterocycles. The van der Waals surface area contributed by atoms with E-state index in [1.54, 1.807) is 6.07 Å². The second-order valence-electron chi connectivity index (χ2n) is 3.67. The minimum absolute atomic E-state index is 0.0342. The number of rotatable bonds is 6. The summed E-state index contributed by atoms with van der Waals surface area (Å²) in [6, 6.07) is 3.09. The van der Waals surface area contributed by atoms with Gasteiger partial charge in [0.1, 0.15) is 5.82 Å². The molecule has 0 amide bonds. The van der Waals surface area contributed by atoms with E-state index in [4.69, 9.17) is 5.11 Å². The van der Waals surface area contributed by atoms with Crippen LogP contribution in [0.5, 0.6) is 0 Å². The van der Waals surface area contributed by atoms with Gasteiger partial charge in [-0.05, 0) is 18.1 Å². The van der Waals surface area contributed by atoms with E-state index < -0.39 is 5.97 Å². The van der Waals surface area contributed by atoms with Gasteiger partial charge < -0.3 is 10.4 Å². The molecule has 1 aromatic rings. The maximum Gasteiger partial charge on any atom is 0.356 e. The van der Waals surface area contributed by atoms with E-state index >= 15 is 0 Å². The molecule has 0 radical (unpaired) electrons. The molecule has 1 heterocycles. The monoisotopic (exact) mass is 223 g/mol. The van der Waals surface area contributed by atoms with E-state index in [0.717, 1.165) is 19.4 Å². The van der Waals surface area contributed by atoms with Crippen molar-refractivity contribution in [2.24, 2.45) is 5.92 Å². The van der Waals surface area contributed by atoms with Gasteiger partial charge in [0.25, 0.3) is 0 Å². The summed E-state index contributed by atoms with van der Waals surface area (Å²) >= 11 is 0. The predicted octanol–water partition coefficient (Wildman–Crippen LogP) is 2.02. The minimum atomic E-state index is -1.06. The van der Waals surface area contributed by atoms with E-state index in [2.05, 4.69) is 29.4 Å². The average Bonchev–Trinajstić information content (AvgIpc) is 2.31. The number of aromatic nitrogens is 2. The number of nitrogens with one attached hydrogen (secondary N) is 1. The highest BCUT2D eigenvalue weighted by Gasteiger charge is 2.06. The van der Waals surface area contributed by atoms with Crippen LogP contribution in [0.2, 0.25) is 0 Å². The second-order valence-corrected chi connectivity index (χ2v) is 3.67. The van der Waals surface area contributed by atoms with Crippen molar-refractivity contribution in [2.45, 2.75) is 26.7 Å². The summed E-state index contributed by atoms with van der Waals surface area (Å²) in [4.78, 5) is 10.5. The first-order valence-electron chi connectivity index (χ1n) is 5.48. The Morgan fingerprint density at radius 2 is 2.06 bits per heavy atom. The fourth-order valence-corrected chi connectivity index (χ4v) is 1.37. The fourth-order valence-electron chi connectivity index (χ4n) is 1.37. The van der Waals surface area contributed by atoms with Crippen LogP contribution in [-0.2, 0) is 0 Å². The van der Waals surface area contributed by atoms with Crippen LogP contribution in [0.25, 0.3) is 0 Å². The highest BCUT2D eigenvalue weighted by Crippen LogP contribution is 2.09. The van der Waals surface area contributed by atoms with Crippen molar-refractivity contribution in [2.75, 3.05) is 11.9 Å². The molecule has 0 bridgehead atoms. The van der Waals surface area contributed by atoms with Crippen molar-refractivity contribution >= 4 is 11.8 Å². The molecule has 0 unspecified atom stereocenters. The van der Waals surface area contributed by atoms with Crippen LogP contribution < -0.4 is 5.32 Å². The normalized spacial score (nSPS) is 10.4. The summed E-state index contributed by atoms with van der Waals surface area (Å²) in [5.74, 6) is 0.178. The van der Waals surface area contributed by atoms with E-state index in [-0.39, 0.29) is 5.69 Å². The number of nitrogens with zero attached hydrogens (tertiary/aromatic N) is 2. The van der Waals surface area contributed by atoms with Crippen LogP contribution in [0.15, 0.2) is 12.1 Å². The topological polar surface area (TPSA) is 75.1 Å². The third-order valence-electron chi connectivity index (χ3n) is 2.61. The Balaban J connectivity index is 2.52. The summed E-state index contributed by atoms with van der Waals surface area (Å²) in [7, 11) is 0. The Morgan fingerprint density at radius 1 is 1.38 bits per heavy atom. The predicted molar refractivity (Wildman–Crippen MR) is 61.6 cm³/mol. The van der Waals surface area contributed by atoms with Crippen LogP contribution >= 0.6 is 0 Å². The standard InChI is InChI=1S/C11H17N3O2/c1-3-8(4-2)7-12-10-6-5-9(11(15)16)13-14-10/h5-6,8H,3-4,7H2,1-2H3,(H,12,14)(H,15,16). The van der Waals surface area contributed by atoms with Gasteiger partial charge in [-0.3, -0.25) is 0 Å². The molecule has 0 saturated carbocycles. The molecule has 1 rings (SSSR count). The number of aromatic carboxylic acids is 1. The SMILES string of the molecule is CCC(CC)CNc1ccc(C(=O)O)nn1. The highest BCUT2D eigenvalue weighted by atomic mass is 16.4. The van der Waals surface area contributed by atoms with Gasteiger partial charge in [0.2, 0.25) is 0 Å². The molecule has 0 atom stereocenters. The van der Waals surface area contributed by atoms with Gasteiger partial charge in [-0.1, -0.05) is 26.7 Å². The molecular formula is C11H17N3O2. The van der Waals surface area contributed by atoms with E-state index in [1.807, 2.05) is 0 Å². The van der Waals surface area contributed by atoms with Crippen molar-refractivity contribution in [1.82, 2.24) is 10.2 Å². The molecule has 5 nitrogen and oxygen atoms in total. The third-order valence-corrected chi connectivity index (χ3v) is 2.61. The van der Waals surface area contributed by atoms with Crippen molar-refractivity contribution < 1.29 is 9.90 Å². The zero-order valence-corrected chi connectivity index (χ0v) is 9.60. The van der Waals surface area contributed by atoms with E-state index in [0.29, 0.717) is 11.7 Å². The van der Waals surface area contributed by atoms with Gasteiger partial charge in [-0.15, -0.1) is 10.2 Å². The lowest BCUT2D eigenvalue weighted by atomic mass is 10.0. The second kappa shape index (κ2) is 6.05. The summed E-state index contributed by atoms with van der Waals surface area (Å²) in [6.07, 6.45) is 2.23. The highest BCUT2D eigenvalue weighted by molar-refractivity contribution is 5.85. The molecule has 88 valence electrons. The molecule has 16 heavy (non-hydrogen) atoms. The van der Waals surface area contributed by atoms with Crippen molar-refractivity contribution in [3.63, 3.8) is 0 Å². The Labute approximate surface area is 94.9 Å². The third kappa shape index (κ3) is 3.49. The first-order chi connectivity index (χ1) is 7.67. The van der Waals surface area contributed by atoms with E-state index in [9.17, 15) is 4.79 Å². The van der Waals surface area contributed by atoms with Crippen LogP contribution in [0, 0.1) is 5.92 Å². The fraction of sp³-hybridized carbons (Fsp3) is 0.545. The van der Waals surface area contributed by atoms with E-state index in [1.165, 1.54) is 6.07 Å². The smallest absolute Gasteiger partial charge is 0.356 e. The lowest BCUT2D eigenvalue weighted by molar-refractivity contribution is 0.0689. The zero-order valence-electron chi connectivity index (χ0n) is 9.60. The number of hydrogen-bond acceptors (Lipinski definition) is 4. The van der Waals surface area contributed by atoms with Gasteiger partial charge in [-0.2, -0.15) is 0 Å². The minimum Gasteiger partial charge on any atom is -0.476 e. The maximum absolute atomic E-state index is 10.5. The van der Waals surface area contributed by atoms with Gasteiger partial charge >= 0.3 is 5.97 Å². The van der Waals surface area contributed by atoms with Crippen molar-refractivity contribution in [3.8, 4) is 0 Å². The van der Waals surface area contributed by atoms with Crippen molar-refractivity contribution in [1.29, 1.82) is 0 Å². The summed E-state index contributed by atoms with van der Waals surface area (Å²) < 4.78 is 0. The maximum atomic E-state index is 10.5. The van der Waals surface area contributed by atoms with Gasteiger partial charge in [0, 0.05) is 6.54 Å². The molecule has 0 aromatic carbocycles. The van der Waals surface area contributed by atoms with Crippen LogP contribution in [0.4, 0.5) is 5.82 Å². The number of anilines is 1. The van der Waals surface area contributed by atoms with Gasteiger partial charge in [-0.25, -0.2) is 4.79 Å². The Hall–Kier alpha value is -1.65. The Kier molecular flexibility index (Phi) is 4.69. The largest absolute Gasteiger partial charge is 0.476 e. The molecular weight excluding hydrogens is 206 g/mol. The van der Waals surface area contributed by atoms with Gasteiger partial charge in [0.05, 0.1) is 0 Å². The number of hydrogen-bond donors (Lipinski definition) is 2. The van der Waals surface area contributed by atoms with Crippen LogP contribution in [0.3, 0.4) is 0 Å². The molecule has 2 N–H and O–H groups in total. The van der Waals surface area contributed by atoms with Gasteiger partial charge in [0.15, 0.2) is 5.69 Å². The van der Waals surface area contributed by atoms with Crippen LogP contribution in [0.1, 0.15) is 37.2 Å².